The van der Waals surface area contributed by atoms with Crippen molar-refractivity contribution in [3.05, 3.63) is 24.3 Å². The fourth-order valence-electron chi connectivity index (χ4n) is 1.56. The molecule has 18 heavy (non-hydrogen) atoms. The van der Waals surface area contributed by atoms with Crippen molar-refractivity contribution in [3.8, 4) is 11.5 Å². The van der Waals surface area contributed by atoms with E-state index in [0.29, 0.717) is 5.92 Å². The second-order valence-corrected chi connectivity index (χ2v) is 5.33. The predicted octanol–water partition coefficient (Wildman–Crippen LogP) is 4.67. The van der Waals surface area contributed by atoms with Gasteiger partial charge in [-0.1, -0.05) is 29.8 Å². The van der Waals surface area contributed by atoms with Crippen molar-refractivity contribution in [1.82, 2.24) is 0 Å². The maximum atomic E-state index is 5.71. The van der Waals surface area contributed by atoms with Gasteiger partial charge in [0.2, 0.25) is 0 Å². The first kappa shape index (κ1) is 15.4. The quantitative estimate of drug-likeness (QED) is 0.617. The second kappa shape index (κ2) is 9.26. The van der Waals surface area contributed by atoms with Gasteiger partial charge in [0.05, 0.1) is 13.2 Å². The van der Waals surface area contributed by atoms with E-state index in [9.17, 15) is 0 Å². The highest BCUT2D eigenvalue weighted by molar-refractivity contribution is 9.09. The topological polar surface area (TPSA) is 18.5 Å². The van der Waals surface area contributed by atoms with E-state index in [-0.39, 0.29) is 0 Å². The van der Waals surface area contributed by atoms with Crippen LogP contribution in [-0.4, -0.2) is 18.5 Å². The van der Waals surface area contributed by atoms with E-state index in [1.165, 1.54) is 6.42 Å². The molecule has 0 saturated carbocycles. The van der Waals surface area contributed by atoms with Gasteiger partial charge in [0.15, 0.2) is 0 Å². The first-order valence-electron chi connectivity index (χ1n) is 6.68. The molecule has 1 aromatic rings. The Hall–Kier alpha value is -0.700. The Kier molecular flexibility index (Phi) is 7.90. The van der Waals surface area contributed by atoms with Crippen LogP contribution in [0.5, 0.6) is 11.5 Å². The van der Waals surface area contributed by atoms with Gasteiger partial charge in [-0.2, -0.15) is 0 Å². The molecule has 0 saturated heterocycles. The lowest BCUT2D eigenvalue weighted by atomic mass is 10.1. The summed E-state index contributed by atoms with van der Waals surface area (Å²) in [5.74, 6) is 2.54. The van der Waals surface area contributed by atoms with Gasteiger partial charge in [0, 0.05) is 5.33 Å². The van der Waals surface area contributed by atoms with Crippen molar-refractivity contribution in [2.45, 2.75) is 33.1 Å². The normalized spacial score (nSPS) is 12.2. The van der Waals surface area contributed by atoms with E-state index in [1.807, 2.05) is 24.3 Å². The average Bonchev–Trinajstić information content (AvgIpc) is 2.38. The third-order valence-corrected chi connectivity index (χ3v) is 3.24. The molecule has 0 aliphatic carbocycles. The smallest absolute Gasteiger partial charge is 0.119 e. The van der Waals surface area contributed by atoms with Crippen molar-refractivity contribution >= 4 is 15.9 Å². The molecule has 0 heterocycles. The van der Waals surface area contributed by atoms with E-state index >= 15 is 0 Å². The van der Waals surface area contributed by atoms with Gasteiger partial charge in [0.25, 0.3) is 0 Å². The number of hydrogen-bond acceptors (Lipinski definition) is 2. The summed E-state index contributed by atoms with van der Waals surface area (Å²) in [6.45, 7) is 5.91. The average molecular weight is 315 g/mol. The summed E-state index contributed by atoms with van der Waals surface area (Å²) in [6, 6.07) is 7.88. The number of ether oxygens (including phenoxy) is 2. The summed E-state index contributed by atoms with van der Waals surface area (Å²) < 4.78 is 11.2. The molecule has 0 aliphatic rings. The van der Waals surface area contributed by atoms with Crippen LogP contribution < -0.4 is 9.47 Å². The molecule has 0 N–H and O–H groups in total. The summed E-state index contributed by atoms with van der Waals surface area (Å²) in [7, 11) is 0. The van der Waals surface area contributed by atoms with Crippen LogP contribution >= 0.6 is 15.9 Å². The lowest BCUT2D eigenvalue weighted by Gasteiger charge is -2.11. The summed E-state index contributed by atoms with van der Waals surface area (Å²) in [4.78, 5) is 0. The van der Waals surface area contributed by atoms with Gasteiger partial charge in [0.1, 0.15) is 11.5 Å². The van der Waals surface area contributed by atoms with Crippen LogP contribution in [0.15, 0.2) is 24.3 Å². The number of benzene rings is 1. The van der Waals surface area contributed by atoms with E-state index in [2.05, 4.69) is 29.8 Å². The van der Waals surface area contributed by atoms with Crippen molar-refractivity contribution in [2.75, 3.05) is 18.5 Å². The molecule has 1 atom stereocenters. The summed E-state index contributed by atoms with van der Waals surface area (Å²) in [5.41, 5.74) is 0. The van der Waals surface area contributed by atoms with E-state index in [4.69, 9.17) is 9.47 Å². The van der Waals surface area contributed by atoms with Gasteiger partial charge < -0.3 is 9.47 Å². The minimum atomic E-state index is 0.705. The molecule has 0 amide bonds. The molecule has 3 heteroatoms. The molecule has 0 aromatic heterocycles. The standard InChI is InChI=1S/C15H23BrO2/c1-3-11-17-14-4-6-15(7-5-14)18-12-9-13(2)8-10-16/h4-7,13H,3,8-12H2,1-2H3. The Morgan fingerprint density at radius 2 is 1.56 bits per heavy atom. The third kappa shape index (κ3) is 6.29. The van der Waals surface area contributed by atoms with E-state index in [0.717, 1.165) is 42.9 Å². The maximum absolute atomic E-state index is 5.71. The fourth-order valence-corrected chi connectivity index (χ4v) is 2.34. The highest BCUT2D eigenvalue weighted by atomic mass is 79.9. The minimum absolute atomic E-state index is 0.705. The Bertz CT molecular complexity index is 311. The number of rotatable bonds is 9. The van der Waals surface area contributed by atoms with Crippen molar-refractivity contribution in [3.63, 3.8) is 0 Å². The zero-order chi connectivity index (χ0) is 13.2. The zero-order valence-corrected chi connectivity index (χ0v) is 12.9. The molecule has 2 nitrogen and oxygen atoms in total. The minimum Gasteiger partial charge on any atom is -0.494 e. The first-order valence-corrected chi connectivity index (χ1v) is 7.80. The van der Waals surface area contributed by atoms with Crippen LogP contribution in [0.3, 0.4) is 0 Å². The molecular formula is C15H23BrO2. The van der Waals surface area contributed by atoms with Crippen LogP contribution in [0, 0.1) is 5.92 Å². The molecule has 0 fully saturated rings. The third-order valence-electron chi connectivity index (χ3n) is 2.78. The molecule has 102 valence electrons. The Morgan fingerprint density at radius 1 is 1.00 bits per heavy atom. The van der Waals surface area contributed by atoms with Crippen LogP contribution in [0.1, 0.15) is 33.1 Å². The molecule has 1 aromatic carbocycles. The fraction of sp³-hybridized carbons (Fsp3) is 0.600. The van der Waals surface area contributed by atoms with Gasteiger partial charge in [-0.05, 0) is 49.4 Å². The lowest BCUT2D eigenvalue weighted by molar-refractivity contribution is 0.280. The van der Waals surface area contributed by atoms with Gasteiger partial charge in [-0.25, -0.2) is 0 Å². The molecule has 0 aliphatic heterocycles. The summed E-state index contributed by atoms with van der Waals surface area (Å²) in [6.07, 6.45) is 3.33. The van der Waals surface area contributed by atoms with Crippen LogP contribution in [0.2, 0.25) is 0 Å². The SMILES string of the molecule is CCCOc1ccc(OCCC(C)CCBr)cc1. The molecule has 0 radical (unpaired) electrons. The number of hydrogen-bond donors (Lipinski definition) is 0. The molecule has 0 bridgehead atoms. The van der Waals surface area contributed by atoms with Gasteiger partial charge >= 0.3 is 0 Å². The number of halogens is 1. The van der Waals surface area contributed by atoms with Crippen LogP contribution in [0.25, 0.3) is 0 Å². The van der Waals surface area contributed by atoms with E-state index in [1.54, 1.807) is 0 Å². The van der Waals surface area contributed by atoms with Crippen LogP contribution in [-0.2, 0) is 0 Å². The highest BCUT2D eigenvalue weighted by Crippen LogP contribution is 2.18. The van der Waals surface area contributed by atoms with Gasteiger partial charge in [-0.3, -0.25) is 0 Å². The summed E-state index contributed by atoms with van der Waals surface area (Å²) in [5, 5.41) is 1.07. The Balaban J connectivity index is 2.26. The van der Waals surface area contributed by atoms with Crippen molar-refractivity contribution in [1.29, 1.82) is 0 Å². The maximum Gasteiger partial charge on any atom is 0.119 e. The molecular weight excluding hydrogens is 292 g/mol. The van der Waals surface area contributed by atoms with Crippen LogP contribution in [0.4, 0.5) is 0 Å². The monoisotopic (exact) mass is 314 g/mol. The molecule has 0 spiro atoms. The summed E-state index contributed by atoms with van der Waals surface area (Å²) >= 11 is 3.46. The van der Waals surface area contributed by atoms with Crippen molar-refractivity contribution < 1.29 is 9.47 Å². The Labute approximate surface area is 119 Å². The highest BCUT2D eigenvalue weighted by Gasteiger charge is 2.02. The molecule has 1 unspecified atom stereocenters. The largest absolute Gasteiger partial charge is 0.494 e. The first-order chi connectivity index (χ1) is 8.76. The Morgan fingerprint density at radius 3 is 2.06 bits per heavy atom. The predicted molar refractivity (Wildman–Crippen MR) is 79.9 cm³/mol. The number of alkyl halides is 1. The zero-order valence-electron chi connectivity index (χ0n) is 11.3. The van der Waals surface area contributed by atoms with E-state index < -0.39 is 0 Å². The van der Waals surface area contributed by atoms with Crippen molar-refractivity contribution in [2.24, 2.45) is 5.92 Å². The second-order valence-electron chi connectivity index (χ2n) is 4.54. The van der Waals surface area contributed by atoms with Gasteiger partial charge in [-0.15, -0.1) is 0 Å². The lowest BCUT2D eigenvalue weighted by Crippen LogP contribution is -2.04. The molecule has 1 rings (SSSR count).